The van der Waals surface area contributed by atoms with Gasteiger partial charge in [-0.25, -0.2) is 4.39 Å². The first-order chi connectivity index (χ1) is 9.70. The van der Waals surface area contributed by atoms with E-state index in [9.17, 15) is 4.39 Å². The quantitative estimate of drug-likeness (QED) is 0.860. The molecule has 1 nitrogen and oxygen atoms in total. The fourth-order valence-electron chi connectivity index (χ4n) is 3.07. The molecule has 2 aromatic rings. The summed E-state index contributed by atoms with van der Waals surface area (Å²) in [5.41, 5.74) is 4.48. The minimum Gasteiger partial charge on any atom is -0.310 e. The third-order valence-corrected chi connectivity index (χ3v) is 4.27. The summed E-state index contributed by atoms with van der Waals surface area (Å²) in [7, 11) is 0. The number of benzene rings is 2. The molecular weight excluding hydrogens is 273 g/mol. The average Bonchev–Trinajstić information content (AvgIpc) is 2.85. The number of hydrogen-bond donors (Lipinski definition) is 1. The SMILES string of the molecule is CCNC1CCc2c(-c3cc(F)ccc3Cl)cccc21. The summed E-state index contributed by atoms with van der Waals surface area (Å²) in [6.45, 7) is 3.07. The van der Waals surface area contributed by atoms with Crippen LogP contribution in [-0.2, 0) is 6.42 Å². The monoisotopic (exact) mass is 289 g/mol. The zero-order chi connectivity index (χ0) is 14.1. The fraction of sp³-hybridized carbons (Fsp3) is 0.294. The smallest absolute Gasteiger partial charge is 0.123 e. The van der Waals surface area contributed by atoms with Crippen LogP contribution in [0.15, 0.2) is 36.4 Å². The van der Waals surface area contributed by atoms with E-state index >= 15 is 0 Å². The summed E-state index contributed by atoms with van der Waals surface area (Å²) in [5.74, 6) is -0.247. The Bertz CT molecular complexity index is 639. The molecule has 1 aliphatic carbocycles. The molecule has 3 heteroatoms. The van der Waals surface area contributed by atoms with Crippen LogP contribution in [0.1, 0.15) is 30.5 Å². The van der Waals surface area contributed by atoms with Crippen LogP contribution in [0.3, 0.4) is 0 Å². The van der Waals surface area contributed by atoms with Gasteiger partial charge >= 0.3 is 0 Å². The van der Waals surface area contributed by atoms with Gasteiger partial charge in [-0.2, -0.15) is 0 Å². The molecule has 0 saturated carbocycles. The molecule has 0 amide bonds. The molecule has 0 bridgehead atoms. The van der Waals surface area contributed by atoms with E-state index in [1.54, 1.807) is 6.07 Å². The standard InChI is InChI=1S/C17H17ClFN/c1-2-20-17-9-7-13-12(4-3-5-14(13)17)15-10-11(19)6-8-16(15)18/h3-6,8,10,17,20H,2,7,9H2,1H3. The second-order valence-corrected chi connectivity index (χ2v) is 5.55. The Kier molecular flexibility index (Phi) is 3.77. The number of halogens is 2. The zero-order valence-electron chi connectivity index (χ0n) is 11.4. The second kappa shape index (κ2) is 5.55. The Labute approximate surface area is 123 Å². The normalized spacial score (nSPS) is 17.2. The lowest BCUT2D eigenvalue weighted by Crippen LogP contribution is -2.18. The van der Waals surface area contributed by atoms with Gasteiger partial charge in [-0.1, -0.05) is 36.7 Å². The lowest BCUT2D eigenvalue weighted by atomic mass is 9.96. The molecule has 0 aromatic heterocycles. The summed E-state index contributed by atoms with van der Waals surface area (Å²) < 4.78 is 13.5. The van der Waals surface area contributed by atoms with Gasteiger partial charge in [0.15, 0.2) is 0 Å². The predicted octanol–water partition coefficient (Wildman–Crippen LogP) is 4.74. The molecule has 0 spiro atoms. The van der Waals surface area contributed by atoms with Crippen molar-refractivity contribution >= 4 is 11.6 Å². The molecule has 1 aliphatic rings. The predicted molar refractivity (Wildman–Crippen MR) is 81.6 cm³/mol. The van der Waals surface area contributed by atoms with Crippen LogP contribution < -0.4 is 5.32 Å². The van der Waals surface area contributed by atoms with E-state index in [2.05, 4.69) is 18.3 Å². The van der Waals surface area contributed by atoms with E-state index in [0.717, 1.165) is 30.5 Å². The van der Waals surface area contributed by atoms with Gasteiger partial charge in [0.1, 0.15) is 5.82 Å². The van der Waals surface area contributed by atoms with Gasteiger partial charge in [-0.3, -0.25) is 0 Å². The molecule has 0 fully saturated rings. The number of hydrogen-bond acceptors (Lipinski definition) is 1. The lowest BCUT2D eigenvalue weighted by Gasteiger charge is -2.14. The van der Waals surface area contributed by atoms with Crippen LogP contribution >= 0.6 is 11.6 Å². The summed E-state index contributed by atoms with van der Waals surface area (Å²) in [5, 5.41) is 4.10. The van der Waals surface area contributed by atoms with Gasteiger partial charge in [0.2, 0.25) is 0 Å². The maximum absolute atomic E-state index is 13.5. The minimum atomic E-state index is -0.247. The number of nitrogens with one attached hydrogen (secondary N) is 1. The molecule has 0 radical (unpaired) electrons. The largest absolute Gasteiger partial charge is 0.310 e. The van der Waals surface area contributed by atoms with Gasteiger partial charge in [0.25, 0.3) is 0 Å². The van der Waals surface area contributed by atoms with Crippen LogP contribution in [0.25, 0.3) is 11.1 Å². The highest BCUT2D eigenvalue weighted by Gasteiger charge is 2.24. The Hall–Kier alpha value is -1.38. The van der Waals surface area contributed by atoms with E-state index in [4.69, 9.17) is 11.6 Å². The molecule has 104 valence electrons. The third kappa shape index (κ3) is 2.34. The molecule has 1 atom stereocenters. The highest BCUT2D eigenvalue weighted by Crippen LogP contribution is 2.39. The Morgan fingerprint density at radius 2 is 2.10 bits per heavy atom. The van der Waals surface area contributed by atoms with Gasteiger partial charge in [-0.15, -0.1) is 0 Å². The topological polar surface area (TPSA) is 12.0 Å². The highest BCUT2D eigenvalue weighted by atomic mass is 35.5. The van der Waals surface area contributed by atoms with Crippen LogP contribution in [0.5, 0.6) is 0 Å². The summed E-state index contributed by atoms with van der Waals surface area (Å²) in [6, 6.07) is 11.2. The fourth-order valence-corrected chi connectivity index (χ4v) is 3.29. The molecular formula is C17H17ClFN. The Balaban J connectivity index is 2.10. The van der Waals surface area contributed by atoms with Crippen molar-refractivity contribution in [1.29, 1.82) is 0 Å². The van der Waals surface area contributed by atoms with Crippen LogP contribution in [-0.4, -0.2) is 6.54 Å². The first kappa shape index (κ1) is 13.6. The first-order valence-corrected chi connectivity index (χ1v) is 7.39. The molecule has 0 heterocycles. The molecule has 3 rings (SSSR count). The van der Waals surface area contributed by atoms with Crippen LogP contribution in [0.4, 0.5) is 4.39 Å². The molecule has 20 heavy (non-hydrogen) atoms. The molecule has 1 unspecified atom stereocenters. The van der Waals surface area contributed by atoms with E-state index in [1.807, 2.05) is 12.1 Å². The second-order valence-electron chi connectivity index (χ2n) is 5.15. The summed E-state index contributed by atoms with van der Waals surface area (Å²) in [4.78, 5) is 0. The minimum absolute atomic E-state index is 0.247. The van der Waals surface area contributed by atoms with Gasteiger partial charge in [-0.05, 0) is 54.3 Å². The maximum Gasteiger partial charge on any atom is 0.123 e. The van der Waals surface area contributed by atoms with Gasteiger partial charge < -0.3 is 5.32 Å². The van der Waals surface area contributed by atoms with E-state index < -0.39 is 0 Å². The number of rotatable bonds is 3. The molecule has 1 N–H and O–H groups in total. The Morgan fingerprint density at radius 3 is 2.90 bits per heavy atom. The van der Waals surface area contributed by atoms with Crippen molar-refractivity contribution in [2.75, 3.05) is 6.54 Å². The van der Waals surface area contributed by atoms with Crippen LogP contribution in [0, 0.1) is 5.82 Å². The summed E-state index contributed by atoms with van der Waals surface area (Å²) in [6.07, 6.45) is 2.10. The van der Waals surface area contributed by atoms with Crippen molar-refractivity contribution in [1.82, 2.24) is 5.32 Å². The third-order valence-electron chi connectivity index (χ3n) is 3.94. The van der Waals surface area contributed by atoms with Crippen molar-refractivity contribution in [3.05, 3.63) is 58.4 Å². The van der Waals surface area contributed by atoms with Gasteiger partial charge in [0.05, 0.1) is 0 Å². The van der Waals surface area contributed by atoms with Gasteiger partial charge in [0, 0.05) is 16.6 Å². The van der Waals surface area contributed by atoms with E-state index in [0.29, 0.717) is 11.1 Å². The first-order valence-electron chi connectivity index (χ1n) is 7.01. The Morgan fingerprint density at radius 1 is 1.25 bits per heavy atom. The molecule has 2 aromatic carbocycles. The molecule has 0 aliphatic heterocycles. The molecule has 0 saturated heterocycles. The highest BCUT2D eigenvalue weighted by molar-refractivity contribution is 6.33. The van der Waals surface area contributed by atoms with Crippen molar-refractivity contribution in [2.24, 2.45) is 0 Å². The van der Waals surface area contributed by atoms with E-state index in [1.165, 1.54) is 23.3 Å². The maximum atomic E-state index is 13.5. The lowest BCUT2D eigenvalue weighted by molar-refractivity contribution is 0.549. The average molecular weight is 290 g/mol. The van der Waals surface area contributed by atoms with Crippen LogP contribution in [0.2, 0.25) is 5.02 Å². The van der Waals surface area contributed by atoms with Crippen molar-refractivity contribution < 1.29 is 4.39 Å². The van der Waals surface area contributed by atoms with Crippen molar-refractivity contribution in [3.63, 3.8) is 0 Å². The zero-order valence-corrected chi connectivity index (χ0v) is 12.2. The van der Waals surface area contributed by atoms with E-state index in [-0.39, 0.29) is 5.82 Å². The van der Waals surface area contributed by atoms with Crippen molar-refractivity contribution in [2.45, 2.75) is 25.8 Å². The summed E-state index contributed by atoms with van der Waals surface area (Å²) >= 11 is 6.25. The number of fused-ring (bicyclic) bond motifs is 1. The van der Waals surface area contributed by atoms with Crippen molar-refractivity contribution in [3.8, 4) is 11.1 Å².